The van der Waals surface area contributed by atoms with E-state index in [0.29, 0.717) is 6.26 Å². The summed E-state index contributed by atoms with van der Waals surface area (Å²) in [7, 11) is -3.92. The summed E-state index contributed by atoms with van der Waals surface area (Å²) in [6, 6.07) is 0. The van der Waals surface area contributed by atoms with E-state index in [1.165, 1.54) is 108 Å². The SMILES string of the molecule is CCCCC[N+](CCCCC)(CCCCC)CCCCC.CS(=O)(=O)[O-]. The Bertz CT molecular complexity index is 329. The van der Waals surface area contributed by atoms with Gasteiger partial charge in [-0.2, -0.15) is 0 Å². The number of quaternary nitrogens is 1. The minimum absolute atomic E-state index is 0.604. The molecular formula is C21H47NO3S. The average Bonchev–Trinajstić information content (AvgIpc) is 2.54. The third-order valence-electron chi connectivity index (χ3n) is 4.94. The van der Waals surface area contributed by atoms with E-state index in [4.69, 9.17) is 13.0 Å². The standard InChI is InChI=1S/C20H44N.CH4O3S/c1-5-9-13-17-21(18-14-10-6-2,19-15-11-7-3)20-16-12-8-4;1-5(2,3)4/h5-20H2,1-4H3;1H3,(H,2,3,4)/q+1;/p-1. The lowest BCUT2D eigenvalue weighted by atomic mass is 10.1. The molecule has 0 heterocycles. The van der Waals surface area contributed by atoms with E-state index in [-0.39, 0.29) is 0 Å². The molecule has 0 fully saturated rings. The minimum Gasteiger partial charge on any atom is -0.748 e. The van der Waals surface area contributed by atoms with Gasteiger partial charge in [-0.15, -0.1) is 0 Å². The van der Waals surface area contributed by atoms with Crippen LogP contribution in [0.3, 0.4) is 0 Å². The number of rotatable bonds is 16. The second-order valence-electron chi connectivity index (χ2n) is 7.77. The maximum Gasteiger partial charge on any atom is 0.0916 e. The summed E-state index contributed by atoms with van der Waals surface area (Å²) < 4.78 is 28.7. The molecule has 0 aliphatic carbocycles. The van der Waals surface area contributed by atoms with Crippen LogP contribution < -0.4 is 0 Å². The number of nitrogens with zero attached hydrogens (tertiary/aromatic N) is 1. The quantitative estimate of drug-likeness (QED) is 0.191. The van der Waals surface area contributed by atoms with Crippen LogP contribution in [0.15, 0.2) is 0 Å². The largest absolute Gasteiger partial charge is 0.748 e. The van der Waals surface area contributed by atoms with Gasteiger partial charge in [-0.3, -0.25) is 0 Å². The second kappa shape index (κ2) is 18.2. The van der Waals surface area contributed by atoms with Crippen molar-refractivity contribution in [3.63, 3.8) is 0 Å². The number of hydrogen-bond acceptors (Lipinski definition) is 3. The minimum atomic E-state index is -3.92. The van der Waals surface area contributed by atoms with Gasteiger partial charge < -0.3 is 9.04 Å². The molecule has 0 aliphatic heterocycles. The predicted molar refractivity (Wildman–Crippen MR) is 113 cm³/mol. The highest BCUT2D eigenvalue weighted by atomic mass is 32.2. The Morgan fingerprint density at radius 3 is 0.923 bits per heavy atom. The van der Waals surface area contributed by atoms with Crippen LogP contribution in [0.1, 0.15) is 105 Å². The maximum absolute atomic E-state index is 9.08. The Balaban J connectivity index is 0. The van der Waals surface area contributed by atoms with E-state index in [2.05, 4.69) is 27.7 Å². The smallest absolute Gasteiger partial charge is 0.0916 e. The molecule has 0 aromatic rings. The summed E-state index contributed by atoms with van der Waals surface area (Å²) >= 11 is 0. The molecule has 0 aliphatic rings. The molecule has 0 bridgehead atoms. The third kappa shape index (κ3) is 21.9. The van der Waals surface area contributed by atoms with Crippen molar-refractivity contribution in [1.82, 2.24) is 0 Å². The zero-order valence-corrected chi connectivity index (χ0v) is 19.2. The van der Waals surface area contributed by atoms with E-state index in [1.807, 2.05) is 0 Å². The van der Waals surface area contributed by atoms with Gasteiger partial charge in [-0.05, 0) is 51.4 Å². The van der Waals surface area contributed by atoms with Gasteiger partial charge in [0.05, 0.1) is 36.3 Å². The Morgan fingerprint density at radius 1 is 0.577 bits per heavy atom. The lowest BCUT2D eigenvalue weighted by Crippen LogP contribution is -2.50. The van der Waals surface area contributed by atoms with E-state index in [1.54, 1.807) is 0 Å². The zero-order valence-electron chi connectivity index (χ0n) is 18.4. The van der Waals surface area contributed by atoms with Gasteiger partial charge in [0.15, 0.2) is 0 Å². The van der Waals surface area contributed by atoms with Crippen molar-refractivity contribution < 1.29 is 17.5 Å². The molecule has 0 spiro atoms. The molecule has 26 heavy (non-hydrogen) atoms. The van der Waals surface area contributed by atoms with Crippen molar-refractivity contribution in [2.24, 2.45) is 0 Å². The molecule has 0 rings (SSSR count). The zero-order chi connectivity index (χ0) is 20.3. The fourth-order valence-electron chi connectivity index (χ4n) is 3.46. The van der Waals surface area contributed by atoms with Crippen molar-refractivity contribution in [2.45, 2.75) is 105 Å². The van der Waals surface area contributed by atoms with Gasteiger partial charge in [0.1, 0.15) is 0 Å². The van der Waals surface area contributed by atoms with Gasteiger partial charge >= 0.3 is 0 Å². The Hall–Kier alpha value is -0.130. The Labute approximate surface area is 165 Å². The molecule has 0 N–H and O–H groups in total. The first kappa shape index (κ1) is 28.1. The summed E-state index contributed by atoms with van der Waals surface area (Å²) in [6.07, 6.45) is 17.5. The molecule has 5 heteroatoms. The first-order valence-electron chi connectivity index (χ1n) is 11.0. The van der Waals surface area contributed by atoms with Crippen LogP contribution in [0.5, 0.6) is 0 Å². The van der Waals surface area contributed by atoms with Gasteiger partial charge in [-0.1, -0.05) is 53.4 Å². The van der Waals surface area contributed by atoms with E-state index in [9.17, 15) is 0 Å². The van der Waals surface area contributed by atoms with Crippen molar-refractivity contribution in [1.29, 1.82) is 0 Å². The fraction of sp³-hybridized carbons (Fsp3) is 1.00. The van der Waals surface area contributed by atoms with Crippen molar-refractivity contribution in [3.05, 3.63) is 0 Å². The maximum atomic E-state index is 9.08. The predicted octanol–water partition coefficient (Wildman–Crippen LogP) is 5.73. The monoisotopic (exact) mass is 393 g/mol. The Morgan fingerprint density at radius 2 is 0.769 bits per heavy atom. The molecule has 0 unspecified atom stereocenters. The third-order valence-corrected chi connectivity index (χ3v) is 4.94. The molecule has 0 aromatic carbocycles. The van der Waals surface area contributed by atoms with Gasteiger partial charge in [0.25, 0.3) is 0 Å². The molecular weight excluding hydrogens is 346 g/mol. The van der Waals surface area contributed by atoms with Crippen LogP contribution >= 0.6 is 0 Å². The highest BCUT2D eigenvalue weighted by Crippen LogP contribution is 2.18. The van der Waals surface area contributed by atoms with E-state index < -0.39 is 10.1 Å². The van der Waals surface area contributed by atoms with Crippen LogP contribution in [-0.2, 0) is 10.1 Å². The van der Waals surface area contributed by atoms with Crippen LogP contribution in [0.2, 0.25) is 0 Å². The van der Waals surface area contributed by atoms with E-state index in [0.717, 1.165) is 0 Å². The highest BCUT2D eigenvalue weighted by molar-refractivity contribution is 7.84. The first-order valence-corrected chi connectivity index (χ1v) is 12.8. The summed E-state index contributed by atoms with van der Waals surface area (Å²) in [4.78, 5) is 0. The van der Waals surface area contributed by atoms with Gasteiger partial charge in [0.2, 0.25) is 0 Å². The summed E-state index contributed by atoms with van der Waals surface area (Å²) in [5.74, 6) is 0. The molecule has 0 saturated carbocycles. The van der Waals surface area contributed by atoms with Crippen LogP contribution in [0.25, 0.3) is 0 Å². The first-order chi connectivity index (χ1) is 12.2. The molecule has 0 amide bonds. The molecule has 4 nitrogen and oxygen atoms in total. The van der Waals surface area contributed by atoms with Crippen LogP contribution in [-0.4, -0.2) is 49.9 Å². The fourth-order valence-corrected chi connectivity index (χ4v) is 3.46. The molecule has 0 aromatic heterocycles. The second-order valence-corrected chi connectivity index (χ2v) is 9.18. The van der Waals surface area contributed by atoms with Crippen LogP contribution in [0.4, 0.5) is 0 Å². The van der Waals surface area contributed by atoms with Crippen LogP contribution in [0, 0.1) is 0 Å². The highest BCUT2D eigenvalue weighted by Gasteiger charge is 2.25. The Kier molecular flexibility index (Phi) is 19.7. The summed E-state index contributed by atoms with van der Waals surface area (Å²) in [5.41, 5.74) is 0. The van der Waals surface area contributed by atoms with Gasteiger partial charge in [0, 0.05) is 6.26 Å². The number of unbranched alkanes of at least 4 members (excludes halogenated alkanes) is 8. The van der Waals surface area contributed by atoms with Crippen molar-refractivity contribution in [3.8, 4) is 0 Å². The topological polar surface area (TPSA) is 57.2 Å². The van der Waals surface area contributed by atoms with Gasteiger partial charge in [-0.25, -0.2) is 8.42 Å². The summed E-state index contributed by atoms with van der Waals surface area (Å²) in [6.45, 7) is 15.1. The lowest BCUT2D eigenvalue weighted by Gasteiger charge is -2.39. The molecule has 0 radical (unpaired) electrons. The lowest BCUT2D eigenvalue weighted by molar-refractivity contribution is -0.929. The molecule has 0 atom stereocenters. The van der Waals surface area contributed by atoms with Crippen molar-refractivity contribution in [2.75, 3.05) is 32.4 Å². The van der Waals surface area contributed by atoms with E-state index >= 15 is 0 Å². The van der Waals surface area contributed by atoms with Crippen molar-refractivity contribution >= 4 is 10.1 Å². The normalized spacial score (nSPS) is 11.9. The molecule has 160 valence electrons. The number of hydrogen-bond donors (Lipinski definition) is 0. The average molecular weight is 394 g/mol. The molecule has 0 saturated heterocycles. The summed E-state index contributed by atoms with van der Waals surface area (Å²) in [5, 5.41) is 0.